The van der Waals surface area contributed by atoms with Crippen LogP contribution in [0.5, 0.6) is 5.75 Å². The fourth-order valence-corrected chi connectivity index (χ4v) is 5.00. The summed E-state index contributed by atoms with van der Waals surface area (Å²) in [5.74, 6) is -0.154. The lowest BCUT2D eigenvalue weighted by molar-refractivity contribution is -0.141. The molecule has 1 amide bonds. The smallest absolute Gasteiger partial charge is 0.328 e. The molecule has 0 aliphatic rings. The summed E-state index contributed by atoms with van der Waals surface area (Å²) in [5, 5.41) is 3.22. The van der Waals surface area contributed by atoms with Crippen molar-refractivity contribution in [2.24, 2.45) is 0 Å². The first kappa shape index (κ1) is 31.1. The molecular weight excluding hydrogens is 560 g/mol. The van der Waals surface area contributed by atoms with Gasteiger partial charge in [0.2, 0.25) is 5.91 Å². The molecule has 0 aliphatic heterocycles. The minimum Gasteiger partial charge on any atom is -0.492 e. The summed E-state index contributed by atoms with van der Waals surface area (Å²) < 4.78 is 11.0. The number of para-hydroxylation sites is 1. The van der Waals surface area contributed by atoms with Crippen molar-refractivity contribution in [3.05, 3.63) is 132 Å². The molecule has 0 saturated heterocycles. The number of nitrogens with zero attached hydrogens (tertiary/aromatic N) is 1. The maximum absolute atomic E-state index is 13.2. The molecule has 1 N–H and O–H groups in total. The second-order valence-corrected chi connectivity index (χ2v) is 10.4. The molecule has 0 spiro atoms. The molecule has 43 heavy (non-hydrogen) atoms. The van der Waals surface area contributed by atoms with E-state index in [2.05, 4.69) is 11.9 Å². The van der Waals surface area contributed by atoms with Crippen LogP contribution in [0.4, 0.5) is 11.4 Å². The van der Waals surface area contributed by atoms with E-state index in [9.17, 15) is 14.4 Å². The van der Waals surface area contributed by atoms with E-state index in [0.29, 0.717) is 35.5 Å². The predicted octanol–water partition coefficient (Wildman–Crippen LogP) is 6.43. The molecule has 0 saturated carbocycles. The average Bonchev–Trinajstić information content (AvgIpc) is 3.06. The van der Waals surface area contributed by atoms with E-state index in [1.54, 1.807) is 47.0 Å². The lowest BCUT2D eigenvalue weighted by atomic mass is 10.00. The standard InChI is InChI=1S/C35H34N2O5S/c1-4-33(38)37(27-13-10-14-29(24-27)43-3)21-22-42-28-19-17-25(18-20-28)23-32(35(40)41-2)36-31-16-9-8-15-30(31)34(39)26-11-6-5-7-12-26/h4-20,24,32,36H,1,21-23H2,2-3H3/t32-/m0/s1. The van der Waals surface area contributed by atoms with E-state index in [1.807, 2.05) is 79.1 Å². The number of methoxy groups -OCH3 is 1. The number of anilines is 2. The van der Waals surface area contributed by atoms with Gasteiger partial charge in [-0.25, -0.2) is 4.79 Å². The van der Waals surface area contributed by atoms with Crippen molar-refractivity contribution in [2.75, 3.05) is 36.7 Å². The summed E-state index contributed by atoms with van der Waals surface area (Å²) in [5.41, 5.74) is 3.24. The van der Waals surface area contributed by atoms with Gasteiger partial charge in [-0.3, -0.25) is 9.59 Å². The third kappa shape index (κ3) is 8.36. The summed E-state index contributed by atoms with van der Waals surface area (Å²) in [4.78, 5) is 41.1. The van der Waals surface area contributed by atoms with Crippen LogP contribution in [0, 0.1) is 0 Å². The topological polar surface area (TPSA) is 84.9 Å². The highest BCUT2D eigenvalue weighted by molar-refractivity contribution is 7.98. The fraction of sp³-hybridized carbons (Fsp3) is 0.171. The van der Waals surface area contributed by atoms with Gasteiger partial charge >= 0.3 is 5.97 Å². The SMILES string of the molecule is C=CC(=O)N(CCOc1ccc(C[C@H](Nc2ccccc2C(=O)c2ccccc2)C(=O)OC)cc1)c1cccc(SC)c1. The number of ether oxygens (including phenoxy) is 2. The van der Waals surface area contributed by atoms with Gasteiger partial charge in [0, 0.05) is 33.8 Å². The van der Waals surface area contributed by atoms with E-state index < -0.39 is 12.0 Å². The Kier molecular flexibility index (Phi) is 11.2. The molecule has 220 valence electrons. The first-order chi connectivity index (χ1) is 20.9. The van der Waals surface area contributed by atoms with Gasteiger partial charge in [-0.05, 0) is 60.4 Å². The molecule has 4 rings (SSSR count). The summed E-state index contributed by atoms with van der Waals surface area (Å²) in [7, 11) is 1.34. The quantitative estimate of drug-likeness (QED) is 0.0779. The van der Waals surface area contributed by atoms with Crippen LogP contribution in [0.15, 0.2) is 121 Å². The Morgan fingerprint density at radius 3 is 2.35 bits per heavy atom. The lowest BCUT2D eigenvalue weighted by Crippen LogP contribution is -2.33. The van der Waals surface area contributed by atoms with Crippen molar-refractivity contribution in [2.45, 2.75) is 17.4 Å². The van der Waals surface area contributed by atoms with Crippen molar-refractivity contribution in [1.29, 1.82) is 0 Å². The van der Waals surface area contributed by atoms with Crippen molar-refractivity contribution < 1.29 is 23.9 Å². The summed E-state index contributed by atoms with van der Waals surface area (Å²) in [6.45, 7) is 4.26. The van der Waals surface area contributed by atoms with Crippen molar-refractivity contribution >= 4 is 40.8 Å². The third-order valence-corrected chi connectivity index (χ3v) is 7.50. The fourth-order valence-electron chi connectivity index (χ4n) is 4.54. The van der Waals surface area contributed by atoms with Crippen LogP contribution in [0.2, 0.25) is 0 Å². The van der Waals surface area contributed by atoms with E-state index in [4.69, 9.17) is 9.47 Å². The molecule has 4 aromatic rings. The monoisotopic (exact) mass is 594 g/mol. The molecule has 0 bridgehead atoms. The second kappa shape index (κ2) is 15.4. The molecule has 0 fully saturated rings. The lowest BCUT2D eigenvalue weighted by Gasteiger charge is -2.22. The van der Waals surface area contributed by atoms with Crippen LogP contribution in [0.25, 0.3) is 0 Å². The predicted molar refractivity (Wildman–Crippen MR) is 172 cm³/mol. The molecule has 8 heteroatoms. The molecule has 0 unspecified atom stereocenters. The Hall–Kier alpha value is -4.82. The maximum atomic E-state index is 13.2. The minimum absolute atomic E-state index is 0.140. The van der Waals surface area contributed by atoms with Gasteiger partial charge < -0.3 is 19.7 Å². The molecule has 0 radical (unpaired) electrons. The number of carbonyl (C=O) groups is 3. The van der Waals surface area contributed by atoms with Gasteiger partial charge in [0.25, 0.3) is 0 Å². The Balaban J connectivity index is 1.41. The highest BCUT2D eigenvalue weighted by Crippen LogP contribution is 2.24. The number of rotatable bonds is 14. The van der Waals surface area contributed by atoms with Gasteiger partial charge in [-0.1, -0.05) is 67.2 Å². The van der Waals surface area contributed by atoms with E-state index in [1.165, 1.54) is 13.2 Å². The molecule has 0 aromatic heterocycles. The number of carbonyl (C=O) groups excluding carboxylic acids is 3. The van der Waals surface area contributed by atoms with Crippen molar-refractivity contribution in [3.63, 3.8) is 0 Å². The van der Waals surface area contributed by atoms with Crippen LogP contribution in [-0.2, 0) is 20.7 Å². The highest BCUT2D eigenvalue weighted by atomic mass is 32.2. The van der Waals surface area contributed by atoms with Gasteiger partial charge in [0.05, 0.1) is 13.7 Å². The number of hydrogen-bond acceptors (Lipinski definition) is 7. The molecule has 7 nitrogen and oxygen atoms in total. The Morgan fingerprint density at radius 1 is 0.930 bits per heavy atom. The first-order valence-electron chi connectivity index (χ1n) is 13.8. The van der Waals surface area contributed by atoms with E-state index in [-0.39, 0.29) is 18.3 Å². The number of ketones is 1. The van der Waals surface area contributed by atoms with Gasteiger partial charge in [-0.15, -0.1) is 11.8 Å². The van der Waals surface area contributed by atoms with Crippen molar-refractivity contribution in [3.8, 4) is 5.75 Å². The molecule has 0 aliphatic carbocycles. The zero-order valence-corrected chi connectivity index (χ0v) is 25.0. The molecule has 4 aromatic carbocycles. The van der Waals surface area contributed by atoms with Crippen LogP contribution >= 0.6 is 11.8 Å². The second-order valence-electron chi connectivity index (χ2n) is 9.55. The zero-order chi connectivity index (χ0) is 30.6. The molecule has 0 heterocycles. The van der Waals surface area contributed by atoms with Crippen LogP contribution in [-0.4, -0.2) is 50.2 Å². The Labute approximate surface area is 256 Å². The maximum Gasteiger partial charge on any atom is 0.328 e. The summed E-state index contributed by atoms with van der Waals surface area (Å²) in [6.07, 6.45) is 3.61. The first-order valence-corrected chi connectivity index (χ1v) is 15.0. The van der Waals surface area contributed by atoms with Crippen LogP contribution < -0.4 is 15.0 Å². The zero-order valence-electron chi connectivity index (χ0n) is 24.2. The highest BCUT2D eigenvalue weighted by Gasteiger charge is 2.23. The van der Waals surface area contributed by atoms with E-state index >= 15 is 0 Å². The Bertz CT molecular complexity index is 1560. The number of nitrogens with one attached hydrogen (secondary N) is 1. The number of hydrogen-bond donors (Lipinski definition) is 1. The minimum atomic E-state index is -0.725. The number of thioether (sulfide) groups is 1. The normalized spacial score (nSPS) is 11.2. The van der Waals surface area contributed by atoms with Gasteiger partial charge in [0.15, 0.2) is 5.78 Å². The largest absolute Gasteiger partial charge is 0.492 e. The van der Waals surface area contributed by atoms with Gasteiger partial charge in [-0.2, -0.15) is 0 Å². The number of amides is 1. The summed E-state index contributed by atoms with van der Waals surface area (Å²) >= 11 is 1.61. The summed E-state index contributed by atoms with van der Waals surface area (Å²) in [6, 6.07) is 30.6. The van der Waals surface area contributed by atoms with Gasteiger partial charge in [0.1, 0.15) is 18.4 Å². The Morgan fingerprint density at radius 2 is 1.65 bits per heavy atom. The number of benzene rings is 4. The third-order valence-electron chi connectivity index (χ3n) is 6.78. The van der Waals surface area contributed by atoms with Crippen LogP contribution in [0.1, 0.15) is 21.5 Å². The van der Waals surface area contributed by atoms with Crippen molar-refractivity contribution in [1.82, 2.24) is 0 Å². The van der Waals surface area contributed by atoms with E-state index in [0.717, 1.165) is 16.1 Å². The molecular formula is C35H34N2O5S. The average molecular weight is 595 g/mol. The molecule has 1 atom stereocenters. The van der Waals surface area contributed by atoms with Crippen LogP contribution in [0.3, 0.4) is 0 Å². The number of esters is 1.